The van der Waals surface area contributed by atoms with Crippen LogP contribution >= 0.6 is 0 Å². The van der Waals surface area contributed by atoms with Gasteiger partial charge >= 0.3 is 0 Å². The molecule has 4 atom stereocenters. The number of phenolic OH excluding ortho intramolecular Hbond substituents is 1. The van der Waals surface area contributed by atoms with E-state index in [2.05, 4.69) is 0 Å². The Balaban J connectivity index is 2.00. The predicted molar refractivity (Wildman–Crippen MR) is 109 cm³/mol. The third kappa shape index (κ3) is 2.66. The van der Waals surface area contributed by atoms with Gasteiger partial charge in [-0.15, -0.1) is 0 Å². The molecule has 0 aliphatic heterocycles. The zero-order chi connectivity index (χ0) is 23.0. The summed E-state index contributed by atoms with van der Waals surface area (Å²) < 4.78 is -0.0156. The number of fused-ring (bicyclic) bond motifs is 3. The number of hydrogen-bond acceptors (Lipinski definition) is 7. The summed E-state index contributed by atoms with van der Waals surface area (Å²) in [4.78, 5) is 38.7. The zero-order valence-corrected chi connectivity index (χ0v) is 17.4. The Morgan fingerprint density at radius 3 is 2.39 bits per heavy atom. The van der Waals surface area contributed by atoms with Gasteiger partial charge in [0.05, 0.1) is 32.6 Å². The van der Waals surface area contributed by atoms with Gasteiger partial charge in [0.25, 0.3) is 5.91 Å². The third-order valence-electron chi connectivity index (χ3n) is 6.74. The van der Waals surface area contributed by atoms with Gasteiger partial charge in [0.2, 0.25) is 11.6 Å². The Morgan fingerprint density at radius 1 is 1.16 bits per heavy atom. The Morgan fingerprint density at radius 2 is 1.81 bits per heavy atom. The van der Waals surface area contributed by atoms with Crippen LogP contribution in [-0.4, -0.2) is 75.2 Å². The number of nitrogens with two attached hydrogens (primary N) is 1. The molecule has 0 heterocycles. The number of Topliss-reactive ketones (excluding diaryl/α,β-unsaturated/α-hetero) is 2. The van der Waals surface area contributed by atoms with Crippen molar-refractivity contribution >= 4 is 23.2 Å². The van der Waals surface area contributed by atoms with Crippen molar-refractivity contribution in [2.24, 2.45) is 17.6 Å². The fourth-order valence-corrected chi connectivity index (χ4v) is 5.48. The molecule has 1 fully saturated rings. The van der Waals surface area contributed by atoms with E-state index in [1.165, 1.54) is 6.07 Å². The molecule has 1 saturated carbocycles. The lowest BCUT2D eigenvalue weighted by Gasteiger charge is -2.51. The van der Waals surface area contributed by atoms with Gasteiger partial charge in [-0.2, -0.15) is 0 Å². The lowest BCUT2D eigenvalue weighted by atomic mass is 9.57. The van der Waals surface area contributed by atoms with E-state index in [4.69, 9.17) is 5.73 Å². The summed E-state index contributed by atoms with van der Waals surface area (Å²) in [6.45, 7) is 0. The number of aromatic hydroxyl groups is 1. The molecule has 9 nitrogen and oxygen atoms in total. The summed E-state index contributed by atoms with van der Waals surface area (Å²) in [6, 6.07) is 3.69. The Labute approximate surface area is 178 Å². The van der Waals surface area contributed by atoms with Crippen LogP contribution in [0.25, 0.3) is 5.76 Å². The van der Waals surface area contributed by atoms with Crippen LogP contribution in [0, 0.1) is 11.8 Å². The number of likely N-dealkylation sites (N-methyl/N-ethyl adjacent to an activating group) is 1. The number of aliphatic hydroxyl groups is 3. The number of ketones is 2. The largest absolute Gasteiger partial charge is 0.508 e. The van der Waals surface area contributed by atoms with E-state index in [0.29, 0.717) is 12.0 Å². The molecule has 0 spiro atoms. The van der Waals surface area contributed by atoms with Gasteiger partial charge in [0, 0.05) is 5.57 Å². The first-order valence-electron chi connectivity index (χ1n) is 9.92. The first-order chi connectivity index (χ1) is 14.3. The molecule has 0 bridgehead atoms. The molecule has 0 saturated heterocycles. The van der Waals surface area contributed by atoms with E-state index in [-0.39, 0.29) is 27.8 Å². The van der Waals surface area contributed by atoms with Crippen molar-refractivity contribution in [3.8, 4) is 5.75 Å². The monoisotopic (exact) mass is 429 g/mol. The SMILES string of the molecule is C[N+](C)(C)[C@@H]1C(=O)C(C(N)=O)=C(O)[C@@]2(O)C(=O)C3=C(O)c4c(O)cccc4C[C@H]3C[C@@H]12. The first-order valence-corrected chi connectivity index (χ1v) is 9.92. The van der Waals surface area contributed by atoms with Crippen molar-refractivity contribution in [3.63, 3.8) is 0 Å². The van der Waals surface area contributed by atoms with Crippen LogP contribution in [0.5, 0.6) is 5.75 Å². The minimum atomic E-state index is -2.60. The second kappa shape index (κ2) is 6.41. The van der Waals surface area contributed by atoms with Gasteiger partial charge in [-0.3, -0.25) is 14.4 Å². The molecule has 6 N–H and O–H groups in total. The lowest BCUT2D eigenvalue weighted by Crippen LogP contribution is -2.69. The molecule has 3 aliphatic carbocycles. The quantitative estimate of drug-likeness (QED) is 0.330. The van der Waals surface area contributed by atoms with Crippen LogP contribution < -0.4 is 5.73 Å². The average molecular weight is 429 g/mol. The number of carbonyl (C=O) groups excluding carboxylic acids is 3. The molecular weight excluding hydrogens is 404 g/mol. The Hall–Kier alpha value is -3.17. The molecule has 1 amide bonds. The second-order valence-corrected chi connectivity index (χ2v) is 9.43. The Kier molecular flexibility index (Phi) is 4.36. The van der Waals surface area contributed by atoms with E-state index in [1.54, 1.807) is 33.3 Å². The average Bonchev–Trinajstić information content (AvgIpc) is 2.63. The molecule has 0 radical (unpaired) electrons. The van der Waals surface area contributed by atoms with Crippen LogP contribution in [-0.2, 0) is 20.8 Å². The number of nitrogens with zero attached hydrogens (tertiary/aromatic N) is 1. The van der Waals surface area contributed by atoms with Gasteiger partial charge in [0.1, 0.15) is 22.8 Å². The Bertz CT molecular complexity index is 1110. The second-order valence-electron chi connectivity index (χ2n) is 9.43. The van der Waals surface area contributed by atoms with E-state index in [1.807, 2.05) is 0 Å². The van der Waals surface area contributed by atoms with Gasteiger partial charge < -0.3 is 30.6 Å². The van der Waals surface area contributed by atoms with Gasteiger partial charge in [0.15, 0.2) is 11.6 Å². The number of primary amides is 1. The lowest BCUT2D eigenvalue weighted by molar-refractivity contribution is -0.891. The summed E-state index contributed by atoms with van der Waals surface area (Å²) in [6.07, 6.45) is 0.394. The highest BCUT2D eigenvalue weighted by Gasteiger charge is 2.66. The highest BCUT2D eigenvalue weighted by Crippen LogP contribution is 2.52. The van der Waals surface area contributed by atoms with E-state index in [0.717, 1.165) is 0 Å². The van der Waals surface area contributed by atoms with Crippen molar-refractivity contribution in [1.29, 1.82) is 0 Å². The van der Waals surface area contributed by atoms with Crippen molar-refractivity contribution in [2.45, 2.75) is 24.5 Å². The molecule has 9 heteroatoms. The maximum atomic E-state index is 13.6. The number of phenols is 1. The van der Waals surface area contributed by atoms with Crippen LogP contribution in [0.15, 0.2) is 35.1 Å². The van der Waals surface area contributed by atoms with Crippen LogP contribution in [0.3, 0.4) is 0 Å². The van der Waals surface area contributed by atoms with Crippen LogP contribution in [0.1, 0.15) is 17.5 Å². The normalized spacial score (nSPS) is 30.6. The summed E-state index contributed by atoms with van der Waals surface area (Å²) in [5, 5.41) is 43.4. The molecule has 31 heavy (non-hydrogen) atoms. The van der Waals surface area contributed by atoms with E-state index < -0.39 is 58.0 Å². The first kappa shape index (κ1) is 21.1. The number of hydrogen-bond donors (Lipinski definition) is 5. The molecule has 1 aromatic carbocycles. The number of carbonyl (C=O) groups is 3. The van der Waals surface area contributed by atoms with Crippen molar-refractivity contribution in [2.75, 3.05) is 21.1 Å². The van der Waals surface area contributed by atoms with Crippen molar-refractivity contribution in [1.82, 2.24) is 0 Å². The van der Waals surface area contributed by atoms with Crippen molar-refractivity contribution in [3.05, 3.63) is 46.2 Å². The number of benzene rings is 1. The number of aliphatic hydroxyl groups excluding tert-OH is 2. The fourth-order valence-electron chi connectivity index (χ4n) is 5.48. The standard InChI is InChI=1S/C22H24N2O7/c1-24(2,3)16-11-8-10-7-9-5-4-6-12(25)13(9)17(26)14(10)19(28)22(11,31)20(29)15(18(16)27)21(23)30/h4-6,10-11,16,31H,7-8H2,1-3H3,(H4-,23,25,26,27,28,29,30)/p+1/t10-,11-,16-,22-/m0/s1. The minimum absolute atomic E-state index is 0.0156. The molecule has 0 unspecified atom stereocenters. The van der Waals surface area contributed by atoms with Gasteiger partial charge in [-0.25, -0.2) is 0 Å². The molecular formula is C22H25N2O7+. The van der Waals surface area contributed by atoms with Gasteiger partial charge in [-0.05, 0) is 30.4 Å². The topological polar surface area (TPSA) is 158 Å². The number of amides is 1. The molecule has 1 aromatic rings. The van der Waals surface area contributed by atoms with Crippen molar-refractivity contribution < 1.29 is 39.3 Å². The summed E-state index contributed by atoms with van der Waals surface area (Å²) >= 11 is 0. The highest BCUT2D eigenvalue weighted by molar-refractivity contribution is 6.24. The molecule has 164 valence electrons. The summed E-state index contributed by atoms with van der Waals surface area (Å²) in [5.41, 5.74) is 2.50. The predicted octanol–water partition coefficient (Wildman–Crippen LogP) is 0.109. The van der Waals surface area contributed by atoms with E-state index in [9.17, 15) is 34.8 Å². The smallest absolute Gasteiger partial charge is 0.256 e. The van der Waals surface area contributed by atoms with Crippen LogP contribution in [0.2, 0.25) is 0 Å². The summed E-state index contributed by atoms with van der Waals surface area (Å²) in [7, 11) is 5.06. The fraction of sp³-hybridized carbons (Fsp3) is 0.409. The number of quaternary nitrogens is 1. The summed E-state index contributed by atoms with van der Waals surface area (Å²) in [5.74, 6) is -6.34. The van der Waals surface area contributed by atoms with E-state index >= 15 is 0 Å². The van der Waals surface area contributed by atoms with Gasteiger partial charge in [-0.1, -0.05) is 12.1 Å². The zero-order valence-electron chi connectivity index (χ0n) is 17.4. The molecule has 0 aromatic heterocycles. The maximum absolute atomic E-state index is 13.6. The molecule has 3 aliphatic rings. The maximum Gasteiger partial charge on any atom is 0.256 e. The van der Waals surface area contributed by atoms with Crippen LogP contribution in [0.4, 0.5) is 0 Å². The molecule has 4 rings (SSSR count). The highest BCUT2D eigenvalue weighted by atomic mass is 16.3. The number of rotatable bonds is 2. The third-order valence-corrected chi connectivity index (χ3v) is 6.74. The minimum Gasteiger partial charge on any atom is -0.508 e.